The predicted molar refractivity (Wildman–Crippen MR) is 154 cm³/mol. The highest BCUT2D eigenvalue weighted by Crippen LogP contribution is 2.15. The second-order valence-corrected chi connectivity index (χ2v) is 14.9. The van der Waals surface area contributed by atoms with E-state index in [4.69, 9.17) is 17.7 Å². The van der Waals surface area contributed by atoms with Gasteiger partial charge in [0.05, 0.1) is 0 Å². The van der Waals surface area contributed by atoms with Crippen molar-refractivity contribution in [3.8, 4) is 0 Å². The first kappa shape index (κ1) is 28.5. The molecule has 0 atom stereocenters. The molecule has 0 heterocycles. The molecule has 6 heteroatoms. The minimum absolute atomic E-state index is 0.661. The van der Waals surface area contributed by atoms with E-state index in [0.29, 0.717) is 26.4 Å². The summed E-state index contributed by atoms with van der Waals surface area (Å²) < 4.78 is 26.6. The Kier molecular flexibility index (Phi) is 11.6. The summed E-state index contributed by atoms with van der Waals surface area (Å²) in [6.45, 7) is 11.2. The van der Waals surface area contributed by atoms with Crippen molar-refractivity contribution in [3.05, 3.63) is 84.9 Å². The topological polar surface area (TPSA) is 36.9 Å². The fourth-order valence-electron chi connectivity index (χ4n) is 4.29. The van der Waals surface area contributed by atoms with Gasteiger partial charge in [-0.2, -0.15) is 0 Å². The van der Waals surface area contributed by atoms with Crippen LogP contribution in [0.3, 0.4) is 0 Å². The van der Waals surface area contributed by atoms with Crippen LogP contribution in [0.4, 0.5) is 0 Å². The third-order valence-corrected chi connectivity index (χ3v) is 12.8. The van der Waals surface area contributed by atoms with E-state index in [1.165, 1.54) is 0 Å². The van der Waals surface area contributed by atoms with Gasteiger partial charge < -0.3 is 17.7 Å². The third kappa shape index (κ3) is 6.62. The van der Waals surface area contributed by atoms with Crippen LogP contribution in [-0.2, 0) is 17.7 Å². The summed E-state index contributed by atoms with van der Waals surface area (Å²) in [6.07, 6.45) is 3.76. The SMILES string of the molecule is CCCO[Si](OCCC)(c1ccccc1)c1ccc([Si](OCCC)(OCCC)c2ccccc2)cc1. The first-order valence-electron chi connectivity index (χ1n) is 13.4. The molecule has 194 valence electrons. The Balaban J connectivity index is 2.12. The maximum Gasteiger partial charge on any atom is 0.407 e. The zero-order valence-electron chi connectivity index (χ0n) is 22.4. The molecular formula is C30H42O4Si2. The quantitative estimate of drug-likeness (QED) is 0.260. The van der Waals surface area contributed by atoms with Crippen LogP contribution in [0.5, 0.6) is 0 Å². The van der Waals surface area contributed by atoms with Gasteiger partial charge in [-0.25, -0.2) is 0 Å². The van der Waals surface area contributed by atoms with E-state index in [-0.39, 0.29) is 0 Å². The molecule has 3 aromatic rings. The molecule has 0 aliphatic heterocycles. The molecule has 0 radical (unpaired) electrons. The molecule has 0 aliphatic carbocycles. The summed E-state index contributed by atoms with van der Waals surface area (Å²) in [4.78, 5) is 0. The fourth-order valence-corrected chi connectivity index (χ4v) is 10.9. The molecule has 3 aromatic carbocycles. The summed E-state index contributed by atoms with van der Waals surface area (Å²) in [5.74, 6) is 0. The summed E-state index contributed by atoms with van der Waals surface area (Å²) in [5.41, 5.74) is 0. The van der Waals surface area contributed by atoms with Gasteiger partial charge in [0.2, 0.25) is 0 Å². The Morgan fingerprint density at radius 3 is 0.889 bits per heavy atom. The monoisotopic (exact) mass is 522 g/mol. The van der Waals surface area contributed by atoms with Crippen molar-refractivity contribution in [2.75, 3.05) is 26.4 Å². The number of hydrogen-bond acceptors (Lipinski definition) is 4. The lowest BCUT2D eigenvalue weighted by atomic mass is 10.3. The zero-order valence-corrected chi connectivity index (χ0v) is 24.4. The van der Waals surface area contributed by atoms with Crippen LogP contribution < -0.4 is 20.7 Å². The van der Waals surface area contributed by atoms with E-state index in [9.17, 15) is 0 Å². The van der Waals surface area contributed by atoms with Gasteiger partial charge in [-0.05, 0) is 46.4 Å². The Hall–Kier alpha value is -2.07. The molecule has 0 amide bonds. The zero-order chi connectivity index (χ0) is 25.7. The molecule has 3 rings (SSSR count). The maximum absolute atomic E-state index is 6.66. The fraction of sp³-hybridized carbons (Fsp3) is 0.400. The Morgan fingerprint density at radius 1 is 0.389 bits per heavy atom. The van der Waals surface area contributed by atoms with Crippen LogP contribution in [-0.4, -0.2) is 43.5 Å². The van der Waals surface area contributed by atoms with Crippen LogP contribution in [0.15, 0.2) is 84.9 Å². The molecule has 0 unspecified atom stereocenters. The minimum Gasteiger partial charge on any atom is -0.388 e. The standard InChI is InChI=1S/C30H42O4Si2/c1-5-23-31-35(32-24-6-2,27-15-11-9-12-16-27)29-19-21-30(22-20-29)36(33-25-7-3,34-26-8-4)28-17-13-10-14-18-28/h9-22H,5-8,23-26H2,1-4H3. The predicted octanol–water partition coefficient (Wildman–Crippen LogP) is 4.51. The van der Waals surface area contributed by atoms with Gasteiger partial charge in [-0.1, -0.05) is 113 Å². The van der Waals surface area contributed by atoms with Crippen LogP contribution in [0.25, 0.3) is 0 Å². The summed E-state index contributed by atoms with van der Waals surface area (Å²) in [7, 11) is -5.74. The highest BCUT2D eigenvalue weighted by atomic mass is 28.4. The van der Waals surface area contributed by atoms with Crippen molar-refractivity contribution >= 4 is 37.9 Å². The van der Waals surface area contributed by atoms with Gasteiger partial charge in [-0.15, -0.1) is 0 Å². The first-order valence-corrected chi connectivity index (χ1v) is 17.1. The van der Waals surface area contributed by atoms with E-state index >= 15 is 0 Å². The van der Waals surface area contributed by atoms with Crippen molar-refractivity contribution in [2.45, 2.75) is 53.4 Å². The summed E-state index contributed by atoms with van der Waals surface area (Å²) >= 11 is 0. The average Bonchev–Trinajstić information content (AvgIpc) is 2.95. The molecule has 36 heavy (non-hydrogen) atoms. The molecule has 0 N–H and O–H groups in total. The van der Waals surface area contributed by atoms with Crippen LogP contribution in [0, 0.1) is 0 Å². The second-order valence-electron chi connectivity index (χ2n) is 8.94. The highest BCUT2D eigenvalue weighted by molar-refractivity contribution is 6.94. The lowest BCUT2D eigenvalue weighted by molar-refractivity contribution is 0.190. The Morgan fingerprint density at radius 2 is 0.639 bits per heavy atom. The lowest BCUT2D eigenvalue weighted by Crippen LogP contribution is -2.66. The Bertz CT molecular complexity index is 898. The lowest BCUT2D eigenvalue weighted by Gasteiger charge is -2.33. The molecule has 0 fully saturated rings. The van der Waals surface area contributed by atoms with E-state index in [2.05, 4.69) is 100 Å². The van der Waals surface area contributed by atoms with Gasteiger partial charge in [0.1, 0.15) is 0 Å². The Labute approximate surface area is 220 Å². The van der Waals surface area contributed by atoms with Gasteiger partial charge in [0.25, 0.3) is 0 Å². The van der Waals surface area contributed by atoms with Crippen molar-refractivity contribution in [2.24, 2.45) is 0 Å². The molecular weight excluding hydrogens is 480 g/mol. The average molecular weight is 523 g/mol. The maximum atomic E-state index is 6.66. The first-order chi connectivity index (χ1) is 17.7. The van der Waals surface area contributed by atoms with E-state index in [1.54, 1.807) is 0 Å². The van der Waals surface area contributed by atoms with Crippen molar-refractivity contribution < 1.29 is 17.7 Å². The van der Waals surface area contributed by atoms with E-state index in [1.807, 2.05) is 12.1 Å². The number of benzene rings is 3. The number of rotatable bonds is 16. The summed E-state index contributed by atoms with van der Waals surface area (Å²) in [6, 6.07) is 29.7. The second kappa shape index (κ2) is 14.6. The smallest absolute Gasteiger partial charge is 0.388 e. The summed E-state index contributed by atoms with van der Waals surface area (Å²) in [5, 5.41) is 4.49. The third-order valence-electron chi connectivity index (χ3n) is 5.99. The molecule has 0 saturated carbocycles. The molecule has 4 nitrogen and oxygen atoms in total. The van der Waals surface area contributed by atoms with Gasteiger partial charge in [0, 0.05) is 26.4 Å². The highest BCUT2D eigenvalue weighted by Gasteiger charge is 2.45. The van der Waals surface area contributed by atoms with Crippen molar-refractivity contribution in [3.63, 3.8) is 0 Å². The molecule has 0 saturated heterocycles. The molecule has 0 bridgehead atoms. The van der Waals surface area contributed by atoms with Crippen molar-refractivity contribution in [1.82, 2.24) is 0 Å². The van der Waals surface area contributed by atoms with Crippen molar-refractivity contribution in [1.29, 1.82) is 0 Å². The van der Waals surface area contributed by atoms with Crippen LogP contribution in [0.1, 0.15) is 53.4 Å². The van der Waals surface area contributed by atoms with E-state index < -0.39 is 17.1 Å². The van der Waals surface area contributed by atoms with Gasteiger partial charge >= 0.3 is 17.1 Å². The molecule has 0 aromatic heterocycles. The van der Waals surface area contributed by atoms with Crippen LogP contribution >= 0.6 is 0 Å². The minimum atomic E-state index is -2.87. The largest absolute Gasteiger partial charge is 0.407 e. The normalized spacial score (nSPS) is 12.1. The number of hydrogen-bond donors (Lipinski definition) is 0. The van der Waals surface area contributed by atoms with E-state index in [0.717, 1.165) is 46.4 Å². The van der Waals surface area contributed by atoms with Gasteiger partial charge in [-0.3, -0.25) is 0 Å². The molecule has 0 spiro atoms. The van der Waals surface area contributed by atoms with Gasteiger partial charge in [0.15, 0.2) is 0 Å². The van der Waals surface area contributed by atoms with Crippen LogP contribution in [0.2, 0.25) is 0 Å². The molecule has 0 aliphatic rings.